The number of fused-ring (bicyclic) bond motifs is 2. The summed E-state index contributed by atoms with van der Waals surface area (Å²) in [6.45, 7) is 0.346. The van der Waals surface area contributed by atoms with Crippen LogP contribution < -0.4 is 21.7 Å². The number of aromatic nitrogens is 4. The van der Waals surface area contributed by atoms with Gasteiger partial charge in [-0.05, 0) is 23.9 Å². The van der Waals surface area contributed by atoms with Crippen LogP contribution in [-0.2, 0) is 16.1 Å². The molecule has 1 amide bonds. The quantitative estimate of drug-likeness (QED) is 0.219. The monoisotopic (exact) mass is 504 g/mol. The smallest absolute Gasteiger partial charge is 0.326 e. The number of amides is 1. The molecular formula is C24H24N8O5. The van der Waals surface area contributed by atoms with Crippen molar-refractivity contribution in [1.82, 2.24) is 25.3 Å². The predicted molar refractivity (Wildman–Crippen MR) is 136 cm³/mol. The van der Waals surface area contributed by atoms with Crippen LogP contribution in [0.1, 0.15) is 28.9 Å². The molecule has 0 spiro atoms. The van der Waals surface area contributed by atoms with E-state index in [1.54, 1.807) is 30.5 Å². The zero-order chi connectivity index (χ0) is 26.7. The normalized spacial score (nSPS) is 11.8. The lowest BCUT2D eigenvalue weighted by Gasteiger charge is -2.22. The molecule has 0 unspecified atom stereocenters. The second-order valence-electron chi connectivity index (χ2n) is 8.33. The van der Waals surface area contributed by atoms with E-state index < -0.39 is 23.9 Å². The number of carboxylic acids is 2. The van der Waals surface area contributed by atoms with Crippen LogP contribution in [0.3, 0.4) is 0 Å². The zero-order valence-corrected chi connectivity index (χ0v) is 19.8. The fraction of sp³-hybridized carbons (Fsp3) is 0.208. The first-order chi connectivity index (χ1) is 17.6. The Bertz CT molecular complexity index is 1530. The van der Waals surface area contributed by atoms with Gasteiger partial charge in [0, 0.05) is 30.1 Å². The average molecular weight is 505 g/mol. The molecule has 0 bridgehead atoms. The summed E-state index contributed by atoms with van der Waals surface area (Å²) >= 11 is 0. The van der Waals surface area contributed by atoms with E-state index in [2.05, 4.69) is 25.3 Å². The van der Waals surface area contributed by atoms with Crippen LogP contribution in [0.5, 0.6) is 0 Å². The van der Waals surface area contributed by atoms with Crippen molar-refractivity contribution < 1.29 is 24.6 Å². The third-order valence-electron chi connectivity index (χ3n) is 5.71. The molecule has 13 heteroatoms. The van der Waals surface area contributed by atoms with E-state index in [9.17, 15) is 19.5 Å². The summed E-state index contributed by atoms with van der Waals surface area (Å²) in [6, 6.07) is 9.21. The van der Waals surface area contributed by atoms with Crippen molar-refractivity contribution in [3.05, 3.63) is 53.9 Å². The van der Waals surface area contributed by atoms with Gasteiger partial charge in [-0.2, -0.15) is 9.97 Å². The molecule has 0 saturated carbocycles. The van der Waals surface area contributed by atoms with Crippen LogP contribution in [0.2, 0.25) is 0 Å². The van der Waals surface area contributed by atoms with Crippen LogP contribution in [-0.4, -0.2) is 61.1 Å². The van der Waals surface area contributed by atoms with Gasteiger partial charge in [0.2, 0.25) is 5.95 Å². The van der Waals surface area contributed by atoms with E-state index in [0.717, 1.165) is 11.1 Å². The molecule has 0 radical (unpaired) electrons. The van der Waals surface area contributed by atoms with Crippen molar-refractivity contribution in [2.24, 2.45) is 0 Å². The molecule has 4 aromatic rings. The van der Waals surface area contributed by atoms with E-state index in [-0.39, 0.29) is 30.2 Å². The minimum atomic E-state index is -1.33. The van der Waals surface area contributed by atoms with Crippen LogP contribution >= 0.6 is 0 Å². The van der Waals surface area contributed by atoms with E-state index in [1.165, 1.54) is 0 Å². The van der Waals surface area contributed by atoms with Gasteiger partial charge in [-0.3, -0.25) is 9.59 Å². The molecule has 0 fully saturated rings. The molecule has 2 aromatic heterocycles. The van der Waals surface area contributed by atoms with E-state index in [0.29, 0.717) is 28.8 Å². The van der Waals surface area contributed by atoms with E-state index >= 15 is 0 Å². The minimum Gasteiger partial charge on any atom is -0.481 e. The average Bonchev–Trinajstić information content (AvgIpc) is 2.85. The highest BCUT2D eigenvalue weighted by Crippen LogP contribution is 2.30. The van der Waals surface area contributed by atoms with Gasteiger partial charge in [0.15, 0.2) is 17.0 Å². The van der Waals surface area contributed by atoms with Crippen molar-refractivity contribution in [3.8, 4) is 0 Å². The molecule has 2 aromatic carbocycles. The molecule has 0 saturated heterocycles. The first-order valence-electron chi connectivity index (χ1n) is 11.2. The number of carbonyl (C=O) groups excluding carboxylic acids is 1. The van der Waals surface area contributed by atoms with Crippen LogP contribution in [0.25, 0.3) is 21.9 Å². The van der Waals surface area contributed by atoms with Crippen LogP contribution in [0.4, 0.5) is 17.5 Å². The Morgan fingerprint density at radius 1 is 1.03 bits per heavy atom. The summed E-state index contributed by atoms with van der Waals surface area (Å²) in [7, 11) is 1.85. The van der Waals surface area contributed by atoms with E-state index in [4.69, 9.17) is 16.6 Å². The molecule has 1 atom stereocenters. The lowest BCUT2D eigenvalue weighted by Crippen LogP contribution is -2.41. The largest absolute Gasteiger partial charge is 0.481 e. The van der Waals surface area contributed by atoms with Gasteiger partial charge in [-0.25, -0.2) is 14.8 Å². The number of nitrogens with two attached hydrogens (primary N) is 2. The number of nitrogen functional groups attached to an aromatic ring is 2. The van der Waals surface area contributed by atoms with Crippen molar-refractivity contribution in [1.29, 1.82) is 0 Å². The number of carboxylic acid groups (broad SMARTS) is 2. The Morgan fingerprint density at radius 3 is 2.46 bits per heavy atom. The van der Waals surface area contributed by atoms with Gasteiger partial charge in [-0.1, -0.05) is 24.3 Å². The van der Waals surface area contributed by atoms with Gasteiger partial charge in [0.1, 0.15) is 6.04 Å². The molecule has 7 N–H and O–H groups in total. The summed E-state index contributed by atoms with van der Waals surface area (Å²) in [5, 5.41) is 22.0. The number of nitrogens with one attached hydrogen (secondary N) is 1. The number of nitrogens with zero attached hydrogens (tertiary/aromatic N) is 5. The predicted octanol–water partition coefficient (Wildman–Crippen LogP) is 1.42. The van der Waals surface area contributed by atoms with Gasteiger partial charge < -0.3 is 31.9 Å². The molecule has 37 heavy (non-hydrogen) atoms. The second kappa shape index (κ2) is 10.3. The summed E-state index contributed by atoms with van der Waals surface area (Å²) < 4.78 is 0. The molecule has 0 aliphatic heterocycles. The summed E-state index contributed by atoms with van der Waals surface area (Å²) in [5.41, 5.74) is 13.8. The SMILES string of the molecule is CN(Cc1cnc2nc(N)nc(N)c2n1)c1ccc(C(=O)N[C@@H](CCC(=O)O)C(=O)O)c2ccccc12. The summed E-state index contributed by atoms with van der Waals surface area (Å²) in [5.74, 6) is -2.92. The number of carbonyl (C=O) groups is 3. The molecule has 0 aliphatic carbocycles. The Morgan fingerprint density at radius 2 is 1.76 bits per heavy atom. The maximum absolute atomic E-state index is 13.0. The first-order valence-corrected chi connectivity index (χ1v) is 11.2. The fourth-order valence-corrected chi connectivity index (χ4v) is 3.96. The third kappa shape index (κ3) is 5.45. The zero-order valence-electron chi connectivity index (χ0n) is 19.8. The maximum Gasteiger partial charge on any atom is 0.326 e. The molecule has 2 heterocycles. The van der Waals surface area contributed by atoms with Gasteiger partial charge >= 0.3 is 11.9 Å². The van der Waals surface area contributed by atoms with Crippen molar-refractivity contribution in [2.75, 3.05) is 23.4 Å². The number of anilines is 3. The lowest BCUT2D eigenvalue weighted by atomic mass is 10.0. The molecule has 0 aliphatic rings. The van der Waals surface area contributed by atoms with Crippen molar-refractivity contribution in [3.63, 3.8) is 0 Å². The molecule has 190 valence electrons. The van der Waals surface area contributed by atoms with Crippen LogP contribution in [0, 0.1) is 0 Å². The molecular weight excluding hydrogens is 480 g/mol. The number of rotatable bonds is 9. The lowest BCUT2D eigenvalue weighted by molar-refractivity contribution is -0.140. The number of hydrogen-bond donors (Lipinski definition) is 5. The van der Waals surface area contributed by atoms with Crippen molar-refractivity contribution in [2.45, 2.75) is 25.4 Å². The summed E-state index contributed by atoms with van der Waals surface area (Å²) in [6.07, 6.45) is 0.951. The second-order valence-corrected chi connectivity index (χ2v) is 8.33. The maximum atomic E-state index is 13.0. The third-order valence-corrected chi connectivity index (χ3v) is 5.71. The number of benzene rings is 2. The Hall–Kier alpha value is -5.07. The highest BCUT2D eigenvalue weighted by Gasteiger charge is 2.23. The fourth-order valence-electron chi connectivity index (χ4n) is 3.96. The minimum absolute atomic E-state index is 0.0105. The van der Waals surface area contributed by atoms with Gasteiger partial charge in [-0.15, -0.1) is 0 Å². The highest BCUT2D eigenvalue weighted by atomic mass is 16.4. The molecule has 4 rings (SSSR count). The van der Waals surface area contributed by atoms with E-state index in [1.807, 2.05) is 24.1 Å². The Labute approximate surface area is 210 Å². The Kier molecular flexibility index (Phi) is 6.95. The highest BCUT2D eigenvalue weighted by molar-refractivity contribution is 6.11. The van der Waals surface area contributed by atoms with Crippen molar-refractivity contribution >= 4 is 57.2 Å². The summed E-state index contributed by atoms with van der Waals surface area (Å²) in [4.78, 5) is 54.0. The van der Waals surface area contributed by atoms with Gasteiger partial charge in [0.05, 0.1) is 18.4 Å². The van der Waals surface area contributed by atoms with Crippen LogP contribution in [0.15, 0.2) is 42.6 Å². The molecule has 13 nitrogen and oxygen atoms in total. The topological polar surface area (TPSA) is 211 Å². The number of aliphatic carboxylic acids is 2. The Balaban J connectivity index is 1.62. The van der Waals surface area contributed by atoms with Gasteiger partial charge in [0.25, 0.3) is 5.91 Å². The standard InChI is InChI=1S/C24H24N8O5/c1-32(11-12-10-27-21-19(28-12)20(25)30-24(26)31-21)17-8-6-15(13-4-2-3-5-14(13)17)22(35)29-16(23(36)37)7-9-18(33)34/h2-6,8,10,16H,7,9,11H2,1H3,(H,29,35)(H,33,34)(H,36,37)(H4,25,26,27,30,31)/t16-/m0/s1. The first kappa shape index (κ1) is 25.0. The number of hydrogen-bond acceptors (Lipinski definition) is 10.